The number of benzene rings is 2. The first-order valence-electron chi connectivity index (χ1n) is 9.12. The molecule has 0 radical (unpaired) electrons. The molecule has 0 bridgehead atoms. The molecule has 0 saturated carbocycles. The zero-order valence-electron chi connectivity index (χ0n) is 16.3. The molecule has 1 saturated heterocycles. The molecule has 1 aliphatic heterocycles. The van der Waals surface area contributed by atoms with Crippen LogP contribution in [0.5, 0.6) is 11.5 Å². The van der Waals surface area contributed by atoms with Crippen molar-refractivity contribution >= 4 is 16.7 Å². The zero-order valence-corrected chi connectivity index (χ0v) is 16.3. The molecule has 1 aliphatic rings. The van der Waals surface area contributed by atoms with E-state index in [1.165, 1.54) is 7.11 Å². The van der Waals surface area contributed by atoms with Crippen LogP contribution in [-0.4, -0.2) is 33.1 Å². The van der Waals surface area contributed by atoms with Gasteiger partial charge in [-0.3, -0.25) is 0 Å². The maximum Gasteiger partial charge on any atom is 0.341 e. The molecule has 0 amide bonds. The number of aryl methyl sites for hydroxylation is 1. The van der Waals surface area contributed by atoms with E-state index in [1.807, 2.05) is 39.0 Å². The van der Waals surface area contributed by atoms with Crippen molar-refractivity contribution in [3.05, 3.63) is 35.4 Å². The van der Waals surface area contributed by atoms with Crippen LogP contribution in [0.15, 0.2) is 24.3 Å². The minimum atomic E-state index is -0.454. The Morgan fingerprint density at radius 1 is 1.12 bits per heavy atom. The maximum atomic E-state index is 12.2. The van der Waals surface area contributed by atoms with Crippen molar-refractivity contribution in [1.82, 2.24) is 0 Å². The first kappa shape index (κ1) is 20.0. The fourth-order valence-corrected chi connectivity index (χ4v) is 3.01. The molecule has 0 aromatic heterocycles. The third-order valence-corrected chi connectivity index (χ3v) is 4.21. The average molecular weight is 360 g/mol. The molecule has 26 heavy (non-hydrogen) atoms. The van der Waals surface area contributed by atoms with Gasteiger partial charge in [0.2, 0.25) is 0 Å². The molecule has 2 aromatic carbocycles. The summed E-state index contributed by atoms with van der Waals surface area (Å²) in [6.07, 6.45) is 2.67. The average Bonchev–Trinajstić information content (AvgIpc) is 2.69. The number of hydrogen-bond donors (Lipinski definition) is 0. The molecule has 142 valence electrons. The van der Waals surface area contributed by atoms with Gasteiger partial charge in [-0.15, -0.1) is 0 Å². The SMILES string of the molecule is CC.COC(=O)c1cc(OC2CCCCO2)c2ccc(C)cc2c1OC. The lowest BCUT2D eigenvalue weighted by Crippen LogP contribution is -2.25. The molecule has 2 aromatic rings. The zero-order chi connectivity index (χ0) is 19.1. The second-order valence-electron chi connectivity index (χ2n) is 5.91. The molecule has 5 nitrogen and oxygen atoms in total. The van der Waals surface area contributed by atoms with E-state index < -0.39 is 5.97 Å². The number of hydrogen-bond acceptors (Lipinski definition) is 5. The summed E-state index contributed by atoms with van der Waals surface area (Å²) in [6.45, 7) is 6.69. The topological polar surface area (TPSA) is 54.0 Å². The van der Waals surface area contributed by atoms with Crippen molar-refractivity contribution in [2.24, 2.45) is 0 Å². The summed E-state index contributed by atoms with van der Waals surface area (Å²) in [6, 6.07) is 7.65. The monoisotopic (exact) mass is 360 g/mol. The van der Waals surface area contributed by atoms with Crippen LogP contribution in [-0.2, 0) is 9.47 Å². The van der Waals surface area contributed by atoms with Crippen LogP contribution in [0.1, 0.15) is 49.0 Å². The minimum Gasteiger partial charge on any atom is -0.495 e. The van der Waals surface area contributed by atoms with E-state index in [1.54, 1.807) is 13.2 Å². The Bertz CT molecular complexity index is 748. The third-order valence-electron chi connectivity index (χ3n) is 4.21. The Hall–Kier alpha value is -2.27. The molecule has 3 rings (SSSR count). The second kappa shape index (κ2) is 9.43. The predicted octanol–water partition coefficient (Wildman–Crippen LogP) is 4.88. The van der Waals surface area contributed by atoms with Crippen molar-refractivity contribution in [2.75, 3.05) is 20.8 Å². The maximum absolute atomic E-state index is 12.2. The Kier molecular flexibility index (Phi) is 7.27. The Labute approximate surface area is 155 Å². The van der Waals surface area contributed by atoms with Crippen molar-refractivity contribution in [3.63, 3.8) is 0 Å². The highest BCUT2D eigenvalue weighted by atomic mass is 16.7. The van der Waals surface area contributed by atoms with E-state index in [0.717, 1.165) is 35.6 Å². The lowest BCUT2D eigenvalue weighted by molar-refractivity contribution is -0.105. The molecule has 0 N–H and O–H groups in total. The van der Waals surface area contributed by atoms with Crippen LogP contribution in [0, 0.1) is 6.92 Å². The number of rotatable bonds is 4. The van der Waals surface area contributed by atoms with Gasteiger partial charge in [-0.05, 0) is 31.9 Å². The van der Waals surface area contributed by atoms with E-state index in [4.69, 9.17) is 18.9 Å². The van der Waals surface area contributed by atoms with Crippen LogP contribution in [0.3, 0.4) is 0 Å². The summed E-state index contributed by atoms with van der Waals surface area (Å²) < 4.78 is 22.1. The highest BCUT2D eigenvalue weighted by Gasteiger charge is 2.22. The van der Waals surface area contributed by atoms with Gasteiger partial charge in [0.1, 0.15) is 17.1 Å². The number of carbonyl (C=O) groups excluding carboxylic acids is 1. The molecular weight excluding hydrogens is 332 g/mol. The van der Waals surface area contributed by atoms with E-state index in [0.29, 0.717) is 23.7 Å². The first-order chi connectivity index (χ1) is 12.6. The van der Waals surface area contributed by atoms with Gasteiger partial charge < -0.3 is 18.9 Å². The summed E-state index contributed by atoms with van der Waals surface area (Å²) >= 11 is 0. The highest BCUT2D eigenvalue weighted by molar-refractivity contribution is 6.04. The van der Waals surface area contributed by atoms with E-state index in [2.05, 4.69) is 0 Å². The molecule has 1 heterocycles. The normalized spacial score (nSPS) is 16.4. The van der Waals surface area contributed by atoms with Gasteiger partial charge in [0.25, 0.3) is 0 Å². The van der Waals surface area contributed by atoms with Gasteiger partial charge in [0.15, 0.2) is 6.29 Å². The van der Waals surface area contributed by atoms with E-state index in [-0.39, 0.29) is 6.29 Å². The van der Waals surface area contributed by atoms with Crippen LogP contribution < -0.4 is 9.47 Å². The number of carbonyl (C=O) groups is 1. The summed E-state index contributed by atoms with van der Waals surface area (Å²) in [5, 5.41) is 1.71. The second-order valence-corrected chi connectivity index (χ2v) is 5.91. The number of esters is 1. The Morgan fingerprint density at radius 2 is 1.88 bits per heavy atom. The number of fused-ring (bicyclic) bond motifs is 1. The smallest absolute Gasteiger partial charge is 0.341 e. The molecule has 0 spiro atoms. The molecule has 5 heteroatoms. The minimum absolute atomic E-state index is 0.290. The van der Waals surface area contributed by atoms with Crippen molar-refractivity contribution < 1.29 is 23.7 Å². The van der Waals surface area contributed by atoms with Crippen molar-refractivity contribution in [2.45, 2.75) is 46.3 Å². The summed E-state index contributed by atoms with van der Waals surface area (Å²) in [7, 11) is 2.90. The molecular formula is C21H28O5. The van der Waals surface area contributed by atoms with Crippen LogP contribution >= 0.6 is 0 Å². The van der Waals surface area contributed by atoms with Gasteiger partial charge >= 0.3 is 5.97 Å². The molecule has 1 fully saturated rings. The fourth-order valence-electron chi connectivity index (χ4n) is 3.01. The highest BCUT2D eigenvalue weighted by Crippen LogP contribution is 2.38. The predicted molar refractivity (Wildman–Crippen MR) is 102 cm³/mol. The van der Waals surface area contributed by atoms with Gasteiger partial charge in [0, 0.05) is 17.2 Å². The largest absolute Gasteiger partial charge is 0.495 e. The van der Waals surface area contributed by atoms with Gasteiger partial charge in [-0.25, -0.2) is 4.79 Å². The van der Waals surface area contributed by atoms with Gasteiger partial charge in [0.05, 0.1) is 20.8 Å². The van der Waals surface area contributed by atoms with Crippen LogP contribution in [0.4, 0.5) is 0 Å². The lowest BCUT2D eigenvalue weighted by atomic mass is 10.0. The van der Waals surface area contributed by atoms with E-state index >= 15 is 0 Å². The molecule has 0 aliphatic carbocycles. The lowest BCUT2D eigenvalue weighted by Gasteiger charge is -2.25. The summed E-state index contributed by atoms with van der Waals surface area (Å²) in [5.74, 6) is 0.653. The molecule has 1 atom stereocenters. The van der Waals surface area contributed by atoms with Crippen LogP contribution in [0.2, 0.25) is 0 Å². The van der Waals surface area contributed by atoms with E-state index in [9.17, 15) is 4.79 Å². The fraction of sp³-hybridized carbons (Fsp3) is 0.476. The number of ether oxygens (including phenoxy) is 4. The standard InChI is InChI=1S/C19H22O5.C2H6/c1-12-7-8-13-14(10-12)18(21-2)15(19(20)22-3)11-16(13)24-17-6-4-5-9-23-17;1-2/h7-8,10-11,17H,4-6,9H2,1-3H3;1-2H3. The third kappa shape index (κ3) is 4.28. The number of methoxy groups -OCH3 is 2. The quantitative estimate of drug-likeness (QED) is 0.728. The summed E-state index contributed by atoms with van der Waals surface area (Å²) in [4.78, 5) is 12.2. The van der Waals surface area contributed by atoms with Crippen molar-refractivity contribution in [3.8, 4) is 11.5 Å². The molecule has 1 unspecified atom stereocenters. The van der Waals surface area contributed by atoms with Gasteiger partial charge in [-0.1, -0.05) is 31.5 Å². The van der Waals surface area contributed by atoms with Gasteiger partial charge in [-0.2, -0.15) is 0 Å². The van der Waals surface area contributed by atoms with Crippen molar-refractivity contribution in [1.29, 1.82) is 0 Å². The van der Waals surface area contributed by atoms with Crippen LogP contribution in [0.25, 0.3) is 10.8 Å². The summed E-state index contributed by atoms with van der Waals surface area (Å²) in [5.41, 5.74) is 1.42. The Balaban J connectivity index is 0.00000117. The Morgan fingerprint density at radius 3 is 2.50 bits per heavy atom. The first-order valence-corrected chi connectivity index (χ1v) is 9.12.